The second-order valence-corrected chi connectivity index (χ2v) is 8.34. The Morgan fingerprint density at radius 3 is 2.76 bits per heavy atom. The summed E-state index contributed by atoms with van der Waals surface area (Å²) in [5.41, 5.74) is 1.49. The van der Waals surface area contributed by atoms with Crippen molar-refractivity contribution in [3.8, 4) is 0 Å². The maximum absolute atomic E-state index is 11.6. The average Bonchev–Trinajstić information content (AvgIpc) is 2.64. The van der Waals surface area contributed by atoms with E-state index >= 15 is 0 Å². The van der Waals surface area contributed by atoms with Crippen LogP contribution in [0.15, 0.2) is 11.6 Å². The molecule has 0 amide bonds. The normalized spacial score (nSPS) is 42.7. The molecule has 0 aromatic rings. The number of hydrogen-bond donors (Lipinski definition) is 1. The van der Waals surface area contributed by atoms with Gasteiger partial charge in [0.05, 0.1) is 19.1 Å². The molecule has 2 aliphatic heterocycles. The predicted molar refractivity (Wildman–Crippen MR) is 82.0 cm³/mol. The average molecular weight is 292 g/mol. The molecule has 3 nitrogen and oxygen atoms in total. The van der Waals surface area contributed by atoms with E-state index in [1.54, 1.807) is 0 Å². The Morgan fingerprint density at radius 1 is 1.38 bits per heavy atom. The van der Waals surface area contributed by atoms with Gasteiger partial charge in [-0.2, -0.15) is 0 Å². The monoisotopic (exact) mass is 292 g/mol. The summed E-state index contributed by atoms with van der Waals surface area (Å²) < 4.78 is 6.06. The molecule has 4 rings (SSSR count). The van der Waals surface area contributed by atoms with Gasteiger partial charge in [0.1, 0.15) is 0 Å². The molecule has 2 heterocycles. The smallest absolute Gasteiger partial charge is 0.307 e. The first-order chi connectivity index (χ1) is 9.74. The SMILES string of the molecule is CC(C(=O)O)C12C=C3C(C)(C)CCCC3(COC1)C(C)C2. The highest BCUT2D eigenvalue weighted by atomic mass is 16.5. The molecule has 1 saturated carbocycles. The molecule has 2 fully saturated rings. The van der Waals surface area contributed by atoms with Crippen LogP contribution in [0, 0.1) is 28.1 Å². The fourth-order valence-electron chi connectivity index (χ4n) is 5.24. The van der Waals surface area contributed by atoms with E-state index in [-0.39, 0.29) is 22.2 Å². The highest BCUT2D eigenvalue weighted by Gasteiger charge is 2.57. The third-order valence-electron chi connectivity index (χ3n) is 6.71. The first kappa shape index (κ1) is 15.1. The predicted octanol–water partition coefficient (Wildman–Crippen LogP) is 3.89. The van der Waals surface area contributed by atoms with Crippen molar-refractivity contribution in [3.05, 3.63) is 11.6 Å². The fourth-order valence-corrected chi connectivity index (χ4v) is 5.24. The van der Waals surface area contributed by atoms with Crippen molar-refractivity contribution in [3.63, 3.8) is 0 Å². The summed E-state index contributed by atoms with van der Waals surface area (Å²) in [7, 11) is 0. The van der Waals surface area contributed by atoms with Crippen LogP contribution >= 0.6 is 0 Å². The van der Waals surface area contributed by atoms with E-state index in [0.717, 1.165) is 13.0 Å². The van der Waals surface area contributed by atoms with Crippen LogP contribution in [0.5, 0.6) is 0 Å². The highest BCUT2D eigenvalue weighted by Crippen LogP contribution is 2.63. The van der Waals surface area contributed by atoms with Gasteiger partial charge in [0.25, 0.3) is 0 Å². The minimum Gasteiger partial charge on any atom is -0.481 e. The maximum Gasteiger partial charge on any atom is 0.307 e. The van der Waals surface area contributed by atoms with Crippen molar-refractivity contribution in [2.24, 2.45) is 28.1 Å². The van der Waals surface area contributed by atoms with Crippen molar-refractivity contribution in [1.29, 1.82) is 0 Å². The quantitative estimate of drug-likeness (QED) is 0.785. The summed E-state index contributed by atoms with van der Waals surface area (Å²) in [5, 5.41) is 9.57. The van der Waals surface area contributed by atoms with Crippen LogP contribution in [0.3, 0.4) is 0 Å². The number of carbonyl (C=O) groups is 1. The standard InChI is InChI=1S/C18H28O3/c1-12-8-17(13(2)15(19)20)9-14-16(3,4)6-5-7-18(12,14)11-21-10-17/h9,12-13H,5-8,10-11H2,1-4H3,(H,19,20). The van der Waals surface area contributed by atoms with Crippen molar-refractivity contribution in [1.82, 2.24) is 0 Å². The molecule has 3 heteroatoms. The van der Waals surface area contributed by atoms with Gasteiger partial charge in [0.2, 0.25) is 0 Å². The molecule has 118 valence electrons. The molecular weight excluding hydrogens is 264 g/mol. The summed E-state index contributed by atoms with van der Waals surface area (Å²) in [6, 6.07) is 0. The van der Waals surface area contributed by atoms with Gasteiger partial charge in [-0.05, 0) is 30.6 Å². The van der Waals surface area contributed by atoms with E-state index in [2.05, 4.69) is 26.8 Å². The number of aliphatic carboxylic acids is 1. The number of fused-ring (bicyclic) bond motifs is 3. The lowest BCUT2D eigenvalue weighted by molar-refractivity contribution is -0.146. The molecule has 4 atom stereocenters. The Bertz CT molecular complexity index is 493. The van der Waals surface area contributed by atoms with E-state index in [9.17, 15) is 9.90 Å². The summed E-state index contributed by atoms with van der Waals surface area (Å²) >= 11 is 0. The van der Waals surface area contributed by atoms with Crippen LogP contribution in [0.25, 0.3) is 0 Å². The Morgan fingerprint density at radius 2 is 2.10 bits per heavy atom. The number of carboxylic acids is 1. The zero-order chi connectivity index (χ0) is 15.5. The molecule has 2 bridgehead atoms. The topological polar surface area (TPSA) is 46.5 Å². The summed E-state index contributed by atoms with van der Waals surface area (Å²) in [6.45, 7) is 10.2. The van der Waals surface area contributed by atoms with Crippen LogP contribution in [0.2, 0.25) is 0 Å². The van der Waals surface area contributed by atoms with Crippen LogP contribution in [-0.4, -0.2) is 24.3 Å². The Kier molecular flexibility index (Phi) is 3.29. The largest absolute Gasteiger partial charge is 0.481 e. The molecule has 21 heavy (non-hydrogen) atoms. The molecule has 0 aromatic heterocycles. The third kappa shape index (κ3) is 2.00. The maximum atomic E-state index is 11.6. The van der Waals surface area contributed by atoms with E-state index in [0.29, 0.717) is 12.5 Å². The first-order valence-electron chi connectivity index (χ1n) is 8.28. The molecule has 4 aliphatic rings. The van der Waals surface area contributed by atoms with E-state index < -0.39 is 5.97 Å². The number of rotatable bonds is 2. The van der Waals surface area contributed by atoms with Gasteiger partial charge in [0.15, 0.2) is 0 Å². The minimum absolute atomic E-state index is 0.153. The summed E-state index contributed by atoms with van der Waals surface area (Å²) in [5.74, 6) is -0.590. The lowest BCUT2D eigenvalue weighted by atomic mass is 9.49. The minimum atomic E-state index is -0.703. The number of ether oxygens (including phenoxy) is 1. The summed E-state index contributed by atoms with van der Waals surface area (Å²) in [4.78, 5) is 11.6. The zero-order valence-corrected chi connectivity index (χ0v) is 13.7. The summed E-state index contributed by atoms with van der Waals surface area (Å²) in [6.07, 6.45) is 6.93. The van der Waals surface area contributed by atoms with Crippen molar-refractivity contribution >= 4 is 5.97 Å². The van der Waals surface area contributed by atoms with Crippen LogP contribution < -0.4 is 0 Å². The third-order valence-corrected chi connectivity index (χ3v) is 6.71. The van der Waals surface area contributed by atoms with Gasteiger partial charge in [0, 0.05) is 10.8 Å². The zero-order valence-electron chi connectivity index (χ0n) is 13.7. The number of carboxylic acid groups (broad SMARTS) is 1. The van der Waals surface area contributed by atoms with Crippen molar-refractivity contribution < 1.29 is 14.6 Å². The Labute approximate surface area is 127 Å². The van der Waals surface area contributed by atoms with Gasteiger partial charge in [-0.3, -0.25) is 4.79 Å². The number of hydrogen-bond acceptors (Lipinski definition) is 2. The van der Waals surface area contributed by atoms with Gasteiger partial charge >= 0.3 is 5.97 Å². The van der Waals surface area contributed by atoms with E-state index in [1.807, 2.05) is 6.92 Å². The van der Waals surface area contributed by atoms with E-state index in [4.69, 9.17) is 4.74 Å². The van der Waals surface area contributed by atoms with Crippen LogP contribution in [0.4, 0.5) is 0 Å². The van der Waals surface area contributed by atoms with Crippen LogP contribution in [0.1, 0.15) is 53.4 Å². The fraction of sp³-hybridized carbons (Fsp3) is 0.833. The van der Waals surface area contributed by atoms with Gasteiger partial charge < -0.3 is 9.84 Å². The molecule has 0 radical (unpaired) electrons. The van der Waals surface area contributed by atoms with Gasteiger partial charge in [-0.1, -0.05) is 45.8 Å². The van der Waals surface area contributed by atoms with Gasteiger partial charge in [-0.25, -0.2) is 0 Å². The molecule has 4 unspecified atom stereocenters. The van der Waals surface area contributed by atoms with Crippen molar-refractivity contribution in [2.45, 2.75) is 53.4 Å². The molecule has 1 N–H and O–H groups in total. The second kappa shape index (κ2) is 4.58. The molecule has 1 spiro atoms. The molecule has 1 saturated heterocycles. The van der Waals surface area contributed by atoms with Crippen molar-refractivity contribution in [2.75, 3.05) is 13.2 Å². The van der Waals surface area contributed by atoms with E-state index in [1.165, 1.54) is 24.8 Å². The van der Waals surface area contributed by atoms with Gasteiger partial charge in [-0.15, -0.1) is 0 Å². The lowest BCUT2D eigenvalue weighted by Crippen LogP contribution is -2.48. The first-order valence-corrected chi connectivity index (χ1v) is 8.28. The van der Waals surface area contributed by atoms with Crippen LogP contribution in [-0.2, 0) is 9.53 Å². The highest BCUT2D eigenvalue weighted by molar-refractivity contribution is 5.71. The Hall–Kier alpha value is -0.830. The molecule has 2 aliphatic carbocycles. The second-order valence-electron chi connectivity index (χ2n) is 8.34. The molecule has 0 aromatic carbocycles. The lowest BCUT2D eigenvalue weighted by Gasteiger charge is -2.54. The molecular formula is C18H28O3. The Balaban J connectivity index is 2.16.